The highest BCUT2D eigenvalue weighted by molar-refractivity contribution is 5.90. The van der Waals surface area contributed by atoms with Gasteiger partial charge in [0.05, 0.1) is 17.6 Å². The van der Waals surface area contributed by atoms with Crippen molar-refractivity contribution in [1.29, 1.82) is 0 Å². The minimum atomic E-state index is -0.636. The van der Waals surface area contributed by atoms with Gasteiger partial charge in [-0.3, -0.25) is 10.1 Å². The Morgan fingerprint density at radius 1 is 1.48 bits per heavy atom. The SMILES string of the molecule is COC(=O)c1cnc(NC2CCCCC2C)c([N+](=O)[O-])c1. The molecule has 1 heterocycles. The number of anilines is 1. The first-order chi connectivity index (χ1) is 10.0. The lowest BCUT2D eigenvalue weighted by molar-refractivity contribution is -0.384. The molecule has 0 aliphatic heterocycles. The summed E-state index contributed by atoms with van der Waals surface area (Å²) in [6, 6.07) is 1.38. The fourth-order valence-electron chi connectivity index (χ4n) is 2.64. The first kappa shape index (κ1) is 15.2. The highest BCUT2D eigenvalue weighted by Gasteiger charge is 2.26. The van der Waals surface area contributed by atoms with Crippen LogP contribution in [0.3, 0.4) is 0 Å². The Balaban J connectivity index is 2.26. The van der Waals surface area contributed by atoms with Crippen molar-refractivity contribution in [1.82, 2.24) is 4.98 Å². The Morgan fingerprint density at radius 2 is 2.19 bits per heavy atom. The zero-order valence-electron chi connectivity index (χ0n) is 12.2. The van der Waals surface area contributed by atoms with Crippen LogP contribution < -0.4 is 5.32 Å². The smallest absolute Gasteiger partial charge is 0.339 e. The van der Waals surface area contributed by atoms with E-state index in [-0.39, 0.29) is 23.1 Å². The molecule has 1 aliphatic carbocycles. The predicted molar refractivity (Wildman–Crippen MR) is 77.3 cm³/mol. The van der Waals surface area contributed by atoms with Crippen molar-refractivity contribution in [3.05, 3.63) is 27.9 Å². The van der Waals surface area contributed by atoms with Gasteiger partial charge in [-0.05, 0) is 18.8 Å². The Kier molecular flexibility index (Phi) is 4.72. The van der Waals surface area contributed by atoms with Gasteiger partial charge in [0, 0.05) is 18.3 Å². The number of rotatable bonds is 4. The van der Waals surface area contributed by atoms with Crippen LogP contribution in [0.1, 0.15) is 43.0 Å². The zero-order chi connectivity index (χ0) is 15.4. The minimum absolute atomic E-state index is 0.0754. The van der Waals surface area contributed by atoms with Crippen LogP contribution in [0.4, 0.5) is 11.5 Å². The van der Waals surface area contributed by atoms with Gasteiger partial charge < -0.3 is 10.1 Å². The highest BCUT2D eigenvalue weighted by Crippen LogP contribution is 2.30. The van der Waals surface area contributed by atoms with Crippen LogP contribution in [0.15, 0.2) is 12.3 Å². The first-order valence-electron chi connectivity index (χ1n) is 7.02. The van der Waals surface area contributed by atoms with Crippen molar-refractivity contribution in [2.24, 2.45) is 5.92 Å². The number of esters is 1. The van der Waals surface area contributed by atoms with E-state index in [9.17, 15) is 14.9 Å². The lowest BCUT2D eigenvalue weighted by Crippen LogP contribution is -2.31. The second-order valence-corrected chi connectivity index (χ2v) is 5.35. The van der Waals surface area contributed by atoms with Crippen LogP contribution in [0.5, 0.6) is 0 Å². The molecule has 21 heavy (non-hydrogen) atoms. The average molecular weight is 293 g/mol. The lowest BCUT2D eigenvalue weighted by atomic mass is 9.86. The third-order valence-corrected chi connectivity index (χ3v) is 3.92. The van der Waals surface area contributed by atoms with E-state index >= 15 is 0 Å². The molecule has 0 aromatic carbocycles. The molecule has 1 saturated carbocycles. The Labute approximate surface area is 122 Å². The molecule has 114 valence electrons. The molecule has 0 saturated heterocycles. The first-order valence-corrected chi connectivity index (χ1v) is 7.02. The standard InChI is InChI=1S/C14H19N3O4/c1-9-5-3-4-6-11(9)16-13-12(17(19)20)7-10(8-15-13)14(18)21-2/h7-9,11H,3-6H2,1-2H3,(H,15,16). The molecule has 1 aromatic heterocycles. The van der Waals surface area contributed by atoms with Crippen molar-refractivity contribution in [2.75, 3.05) is 12.4 Å². The van der Waals surface area contributed by atoms with Crippen molar-refractivity contribution < 1.29 is 14.5 Å². The van der Waals surface area contributed by atoms with Crippen LogP contribution in [0.25, 0.3) is 0 Å². The van der Waals surface area contributed by atoms with Gasteiger partial charge in [-0.1, -0.05) is 19.8 Å². The molecule has 0 amide bonds. The van der Waals surface area contributed by atoms with E-state index < -0.39 is 10.9 Å². The summed E-state index contributed by atoms with van der Waals surface area (Å²) in [5, 5.41) is 14.3. The van der Waals surface area contributed by atoms with E-state index in [0.717, 1.165) is 19.3 Å². The molecule has 1 aliphatic rings. The number of nitro groups is 1. The maximum atomic E-state index is 11.4. The number of aromatic nitrogens is 1. The summed E-state index contributed by atoms with van der Waals surface area (Å²) in [4.78, 5) is 26.1. The summed E-state index contributed by atoms with van der Waals surface area (Å²) >= 11 is 0. The summed E-state index contributed by atoms with van der Waals surface area (Å²) in [5.74, 6) is 0.0232. The number of carbonyl (C=O) groups is 1. The second kappa shape index (κ2) is 6.51. The second-order valence-electron chi connectivity index (χ2n) is 5.35. The molecule has 0 spiro atoms. The number of nitrogens with zero attached hydrogens (tertiary/aromatic N) is 2. The maximum absolute atomic E-state index is 11.4. The van der Waals surface area contributed by atoms with E-state index in [1.807, 2.05) is 0 Å². The number of nitrogens with one attached hydrogen (secondary N) is 1. The number of hydrogen-bond donors (Lipinski definition) is 1. The Morgan fingerprint density at radius 3 is 2.81 bits per heavy atom. The predicted octanol–water partition coefficient (Wildman–Crippen LogP) is 2.77. The molecule has 0 bridgehead atoms. The molecule has 2 atom stereocenters. The van der Waals surface area contributed by atoms with Crippen molar-refractivity contribution in [3.8, 4) is 0 Å². The van der Waals surface area contributed by atoms with Crippen LogP contribution in [-0.4, -0.2) is 29.0 Å². The fourth-order valence-corrected chi connectivity index (χ4v) is 2.64. The van der Waals surface area contributed by atoms with Crippen LogP contribution >= 0.6 is 0 Å². The lowest BCUT2D eigenvalue weighted by Gasteiger charge is -2.29. The molecular weight excluding hydrogens is 274 g/mol. The van der Waals surface area contributed by atoms with Crippen LogP contribution in [0.2, 0.25) is 0 Å². The van der Waals surface area contributed by atoms with Gasteiger partial charge in [0.25, 0.3) is 0 Å². The monoisotopic (exact) mass is 293 g/mol. The summed E-state index contributed by atoms with van der Waals surface area (Å²) in [7, 11) is 1.23. The Hall–Kier alpha value is -2.18. The number of hydrogen-bond acceptors (Lipinski definition) is 6. The molecule has 1 N–H and O–H groups in total. The summed E-state index contributed by atoms with van der Waals surface area (Å²) < 4.78 is 4.56. The number of ether oxygens (including phenoxy) is 1. The van der Waals surface area contributed by atoms with Crippen LogP contribution in [-0.2, 0) is 4.74 Å². The topological polar surface area (TPSA) is 94.4 Å². The molecular formula is C14H19N3O4. The van der Waals surface area contributed by atoms with Crippen LogP contribution in [0, 0.1) is 16.0 Å². The summed E-state index contributed by atoms with van der Waals surface area (Å²) in [6.45, 7) is 2.13. The van der Waals surface area contributed by atoms with Gasteiger partial charge in [-0.25, -0.2) is 9.78 Å². The Bertz CT molecular complexity index is 547. The molecule has 2 unspecified atom stereocenters. The largest absolute Gasteiger partial charge is 0.465 e. The molecule has 1 aromatic rings. The van der Waals surface area contributed by atoms with Gasteiger partial charge >= 0.3 is 11.7 Å². The van der Waals surface area contributed by atoms with E-state index in [4.69, 9.17) is 0 Å². The van der Waals surface area contributed by atoms with Gasteiger partial charge in [-0.2, -0.15) is 0 Å². The fraction of sp³-hybridized carbons (Fsp3) is 0.571. The number of methoxy groups -OCH3 is 1. The third kappa shape index (κ3) is 3.48. The number of carbonyl (C=O) groups excluding carboxylic acids is 1. The van der Waals surface area contributed by atoms with E-state index in [1.54, 1.807) is 0 Å². The van der Waals surface area contributed by atoms with Gasteiger partial charge in [0.1, 0.15) is 0 Å². The van der Waals surface area contributed by atoms with Gasteiger partial charge in [-0.15, -0.1) is 0 Å². The quantitative estimate of drug-likeness (QED) is 0.521. The minimum Gasteiger partial charge on any atom is -0.465 e. The molecule has 7 nitrogen and oxygen atoms in total. The zero-order valence-corrected chi connectivity index (χ0v) is 12.2. The molecule has 0 radical (unpaired) electrons. The van der Waals surface area contributed by atoms with Crippen molar-refractivity contribution in [3.63, 3.8) is 0 Å². The van der Waals surface area contributed by atoms with E-state index in [0.29, 0.717) is 5.92 Å². The molecule has 1 fully saturated rings. The van der Waals surface area contributed by atoms with Crippen molar-refractivity contribution in [2.45, 2.75) is 38.6 Å². The van der Waals surface area contributed by atoms with E-state index in [1.165, 1.54) is 25.8 Å². The van der Waals surface area contributed by atoms with Gasteiger partial charge in [0.15, 0.2) is 0 Å². The van der Waals surface area contributed by atoms with Crippen molar-refractivity contribution >= 4 is 17.5 Å². The molecule has 2 rings (SSSR count). The van der Waals surface area contributed by atoms with E-state index in [2.05, 4.69) is 22.0 Å². The highest BCUT2D eigenvalue weighted by atomic mass is 16.6. The molecule has 7 heteroatoms. The average Bonchev–Trinajstić information content (AvgIpc) is 2.49. The normalized spacial score (nSPS) is 21.6. The summed E-state index contributed by atoms with van der Waals surface area (Å²) in [6.07, 6.45) is 5.67. The van der Waals surface area contributed by atoms with Gasteiger partial charge in [0.2, 0.25) is 5.82 Å². The maximum Gasteiger partial charge on any atom is 0.339 e. The third-order valence-electron chi connectivity index (χ3n) is 3.92. The summed E-state index contributed by atoms with van der Waals surface area (Å²) in [5.41, 5.74) is -0.123. The number of pyridine rings is 1.